The van der Waals surface area contributed by atoms with Crippen molar-refractivity contribution in [2.45, 2.75) is 0 Å². The Morgan fingerprint density at radius 2 is 1.76 bits per heavy atom. The van der Waals surface area contributed by atoms with Gasteiger partial charge in [-0.2, -0.15) is 0 Å². The molecule has 3 rings (SSSR count). The minimum Gasteiger partial charge on any atom is -0.353 e. The Bertz CT molecular complexity index is 746. The van der Waals surface area contributed by atoms with Gasteiger partial charge in [-0.15, -0.1) is 0 Å². The molecule has 0 radical (unpaired) electrons. The van der Waals surface area contributed by atoms with Gasteiger partial charge in [0.05, 0.1) is 17.1 Å². The van der Waals surface area contributed by atoms with Gasteiger partial charge in [0.25, 0.3) is 5.91 Å². The minimum atomic E-state index is -0.342. The first kappa shape index (κ1) is 17.2. The van der Waals surface area contributed by atoms with Gasteiger partial charge >= 0.3 is 0 Å². The molecule has 0 spiro atoms. The standard InChI is InChI=1S/C18H19ClN4O2/c19-15-6-2-1-5-14(15)18(25)21-13-17(24)23-11-9-22(10-12-23)16-7-3-4-8-20-16/h1-8H,9-13H2,(H,21,25). The number of aromatic nitrogens is 1. The van der Waals surface area contributed by atoms with E-state index in [1.54, 1.807) is 35.4 Å². The highest BCUT2D eigenvalue weighted by Gasteiger charge is 2.22. The van der Waals surface area contributed by atoms with Crippen molar-refractivity contribution in [1.29, 1.82) is 0 Å². The normalized spacial score (nSPS) is 14.3. The number of halogens is 1. The molecule has 1 fully saturated rings. The summed E-state index contributed by atoms with van der Waals surface area (Å²) in [5.74, 6) is 0.480. The summed E-state index contributed by atoms with van der Waals surface area (Å²) >= 11 is 5.99. The number of hydrogen-bond donors (Lipinski definition) is 1. The van der Waals surface area contributed by atoms with Crippen LogP contribution >= 0.6 is 11.6 Å². The van der Waals surface area contributed by atoms with Crippen molar-refractivity contribution in [3.63, 3.8) is 0 Å². The Balaban J connectivity index is 1.48. The number of carbonyl (C=O) groups is 2. The van der Waals surface area contributed by atoms with Crippen molar-refractivity contribution in [3.05, 3.63) is 59.2 Å². The maximum absolute atomic E-state index is 12.3. The molecule has 1 aliphatic heterocycles. The van der Waals surface area contributed by atoms with Crippen LogP contribution in [0.3, 0.4) is 0 Å². The van der Waals surface area contributed by atoms with E-state index in [0.717, 1.165) is 18.9 Å². The molecule has 0 saturated carbocycles. The van der Waals surface area contributed by atoms with Gasteiger partial charge in [-0.05, 0) is 24.3 Å². The molecule has 1 aromatic carbocycles. The lowest BCUT2D eigenvalue weighted by atomic mass is 10.2. The number of hydrogen-bond acceptors (Lipinski definition) is 4. The van der Waals surface area contributed by atoms with Crippen LogP contribution in [0.15, 0.2) is 48.7 Å². The van der Waals surface area contributed by atoms with Gasteiger partial charge in [0.15, 0.2) is 0 Å². The van der Waals surface area contributed by atoms with Gasteiger partial charge in [-0.3, -0.25) is 9.59 Å². The molecule has 1 aromatic heterocycles. The Labute approximate surface area is 151 Å². The van der Waals surface area contributed by atoms with Crippen LogP contribution in [0.4, 0.5) is 5.82 Å². The molecule has 2 aromatic rings. The third-order valence-electron chi connectivity index (χ3n) is 4.12. The molecule has 0 aliphatic carbocycles. The summed E-state index contributed by atoms with van der Waals surface area (Å²) in [6.07, 6.45) is 1.76. The second kappa shape index (κ2) is 7.98. The zero-order valence-electron chi connectivity index (χ0n) is 13.7. The molecule has 1 saturated heterocycles. The molecule has 2 amide bonds. The lowest BCUT2D eigenvalue weighted by molar-refractivity contribution is -0.130. The van der Waals surface area contributed by atoms with E-state index in [0.29, 0.717) is 23.7 Å². The number of piperazine rings is 1. The van der Waals surface area contributed by atoms with E-state index in [1.165, 1.54) is 0 Å². The Kier molecular flexibility index (Phi) is 5.50. The Hall–Kier alpha value is -2.60. The lowest BCUT2D eigenvalue weighted by Gasteiger charge is -2.35. The van der Waals surface area contributed by atoms with Crippen molar-refractivity contribution in [2.24, 2.45) is 0 Å². The summed E-state index contributed by atoms with van der Waals surface area (Å²) in [6, 6.07) is 12.6. The van der Waals surface area contributed by atoms with Gasteiger partial charge in [0.1, 0.15) is 5.82 Å². The number of rotatable bonds is 4. The summed E-state index contributed by atoms with van der Waals surface area (Å²) in [7, 11) is 0. The molecule has 130 valence electrons. The number of nitrogens with one attached hydrogen (secondary N) is 1. The second-order valence-corrected chi connectivity index (χ2v) is 6.13. The number of amides is 2. The minimum absolute atomic E-state index is 0.0341. The van der Waals surface area contributed by atoms with Gasteiger partial charge in [0.2, 0.25) is 5.91 Å². The number of nitrogens with zero attached hydrogens (tertiary/aromatic N) is 3. The molecule has 2 heterocycles. The quantitative estimate of drug-likeness (QED) is 0.905. The van der Waals surface area contributed by atoms with Crippen LogP contribution in [0, 0.1) is 0 Å². The zero-order chi connectivity index (χ0) is 17.6. The van der Waals surface area contributed by atoms with E-state index < -0.39 is 0 Å². The molecule has 1 N–H and O–H groups in total. The largest absolute Gasteiger partial charge is 0.353 e. The van der Waals surface area contributed by atoms with E-state index in [-0.39, 0.29) is 18.4 Å². The predicted octanol–water partition coefficient (Wildman–Crippen LogP) is 1.81. The fourth-order valence-electron chi connectivity index (χ4n) is 2.73. The first-order valence-electron chi connectivity index (χ1n) is 8.11. The molecule has 25 heavy (non-hydrogen) atoms. The van der Waals surface area contributed by atoms with Gasteiger partial charge in [-0.25, -0.2) is 4.98 Å². The first-order valence-corrected chi connectivity index (χ1v) is 8.49. The second-order valence-electron chi connectivity index (χ2n) is 5.72. The van der Waals surface area contributed by atoms with Gasteiger partial charge in [0, 0.05) is 32.4 Å². The third kappa shape index (κ3) is 4.28. The van der Waals surface area contributed by atoms with Crippen LogP contribution in [0.1, 0.15) is 10.4 Å². The zero-order valence-corrected chi connectivity index (χ0v) is 14.4. The maximum Gasteiger partial charge on any atom is 0.253 e. The van der Waals surface area contributed by atoms with E-state index in [1.807, 2.05) is 18.2 Å². The van der Waals surface area contributed by atoms with Gasteiger partial charge < -0.3 is 15.1 Å². The van der Waals surface area contributed by atoms with Crippen molar-refractivity contribution < 1.29 is 9.59 Å². The van der Waals surface area contributed by atoms with E-state index in [4.69, 9.17) is 11.6 Å². The summed E-state index contributed by atoms with van der Waals surface area (Å²) in [5.41, 5.74) is 0.372. The number of benzene rings is 1. The van der Waals surface area contributed by atoms with E-state index in [2.05, 4.69) is 15.2 Å². The number of carbonyl (C=O) groups excluding carboxylic acids is 2. The average molecular weight is 359 g/mol. The van der Waals surface area contributed by atoms with Crippen molar-refractivity contribution >= 4 is 29.2 Å². The van der Waals surface area contributed by atoms with Crippen LogP contribution in [-0.2, 0) is 4.79 Å². The average Bonchev–Trinajstić information content (AvgIpc) is 2.67. The van der Waals surface area contributed by atoms with Crippen molar-refractivity contribution in [1.82, 2.24) is 15.2 Å². The van der Waals surface area contributed by atoms with Crippen LogP contribution in [0.25, 0.3) is 0 Å². The summed E-state index contributed by atoms with van der Waals surface area (Å²) in [5, 5.41) is 3.01. The van der Waals surface area contributed by atoms with E-state index >= 15 is 0 Å². The highest BCUT2D eigenvalue weighted by atomic mass is 35.5. The molecule has 0 unspecified atom stereocenters. The van der Waals surface area contributed by atoms with Crippen molar-refractivity contribution in [2.75, 3.05) is 37.6 Å². The number of pyridine rings is 1. The monoisotopic (exact) mass is 358 g/mol. The lowest BCUT2D eigenvalue weighted by Crippen LogP contribution is -2.51. The SMILES string of the molecule is O=C(NCC(=O)N1CCN(c2ccccn2)CC1)c1ccccc1Cl. The van der Waals surface area contributed by atoms with Crippen LogP contribution < -0.4 is 10.2 Å². The molecule has 7 heteroatoms. The molecule has 0 atom stereocenters. The van der Waals surface area contributed by atoms with Crippen molar-refractivity contribution in [3.8, 4) is 0 Å². The molecule has 6 nitrogen and oxygen atoms in total. The fraction of sp³-hybridized carbons (Fsp3) is 0.278. The van der Waals surface area contributed by atoms with Crippen LogP contribution in [-0.4, -0.2) is 54.4 Å². The smallest absolute Gasteiger partial charge is 0.253 e. The van der Waals surface area contributed by atoms with Crippen LogP contribution in [0.5, 0.6) is 0 Å². The topological polar surface area (TPSA) is 65.5 Å². The number of anilines is 1. The van der Waals surface area contributed by atoms with Gasteiger partial charge in [-0.1, -0.05) is 29.8 Å². The highest BCUT2D eigenvalue weighted by Crippen LogP contribution is 2.15. The molecular weight excluding hydrogens is 340 g/mol. The Morgan fingerprint density at radius 3 is 2.44 bits per heavy atom. The summed E-state index contributed by atoms with van der Waals surface area (Å²) < 4.78 is 0. The maximum atomic E-state index is 12.3. The highest BCUT2D eigenvalue weighted by molar-refractivity contribution is 6.33. The Morgan fingerprint density at radius 1 is 1.04 bits per heavy atom. The third-order valence-corrected chi connectivity index (χ3v) is 4.45. The molecule has 0 bridgehead atoms. The fourth-order valence-corrected chi connectivity index (χ4v) is 2.96. The first-order chi connectivity index (χ1) is 12.1. The summed E-state index contributed by atoms with van der Waals surface area (Å²) in [4.78, 5) is 32.6. The summed E-state index contributed by atoms with van der Waals surface area (Å²) in [6.45, 7) is 2.63. The molecular formula is C18H19ClN4O2. The predicted molar refractivity (Wildman–Crippen MR) is 96.8 cm³/mol. The molecule has 1 aliphatic rings. The van der Waals surface area contributed by atoms with Crippen LogP contribution in [0.2, 0.25) is 5.02 Å². The van der Waals surface area contributed by atoms with E-state index in [9.17, 15) is 9.59 Å².